The number of aliphatic hydroxyl groups excluding tert-OH is 2. The van der Waals surface area contributed by atoms with Crippen molar-refractivity contribution in [1.29, 1.82) is 0 Å². The van der Waals surface area contributed by atoms with E-state index in [1.165, 1.54) is 340 Å². The van der Waals surface area contributed by atoms with Gasteiger partial charge in [0.25, 0.3) is 0 Å². The number of allylic oxidation sites excluding steroid dienone is 7. The molecule has 2 atom stereocenters. The maximum Gasteiger partial charge on any atom is 0.305 e. The Bertz CT molecular complexity index is 1420. The molecule has 0 bridgehead atoms. The van der Waals surface area contributed by atoms with Crippen molar-refractivity contribution in [3.63, 3.8) is 0 Å². The van der Waals surface area contributed by atoms with Crippen LogP contribution in [0, 0.1) is 0 Å². The molecule has 0 spiro atoms. The Kier molecular flexibility index (Phi) is 72.4. The maximum absolute atomic E-state index is 12.5. The van der Waals surface area contributed by atoms with Crippen LogP contribution in [0.5, 0.6) is 0 Å². The first kappa shape index (κ1) is 82.8. The summed E-state index contributed by atoms with van der Waals surface area (Å²) in [5, 5.41) is 23.2. The minimum atomic E-state index is -0.845. The van der Waals surface area contributed by atoms with Gasteiger partial charge in [0.15, 0.2) is 0 Å². The Balaban J connectivity index is 3.40. The Morgan fingerprint density at radius 3 is 0.906 bits per heavy atom. The van der Waals surface area contributed by atoms with E-state index in [0.717, 1.165) is 51.4 Å². The van der Waals surface area contributed by atoms with Gasteiger partial charge in [0.05, 0.1) is 25.4 Å². The molecule has 0 radical (unpaired) electrons. The summed E-state index contributed by atoms with van der Waals surface area (Å²) < 4.78 is 5.49. The van der Waals surface area contributed by atoms with Gasteiger partial charge < -0.3 is 20.3 Å². The average Bonchev–Trinajstić information content (AvgIpc) is 3.51. The second-order valence-electron chi connectivity index (χ2n) is 26.3. The summed E-state index contributed by atoms with van der Waals surface area (Å²) in [4.78, 5) is 24.6. The van der Waals surface area contributed by atoms with Crippen molar-refractivity contribution >= 4 is 11.9 Å². The number of hydrogen-bond donors (Lipinski definition) is 3. The molecule has 85 heavy (non-hydrogen) atoms. The number of carbonyl (C=O) groups is 2. The van der Waals surface area contributed by atoms with Crippen LogP contribution in [0.4, 0.5) is 0 Å². The summed E-state index contributed by atoms with van der Waals surface area (Å²) >= 11 is 0. The Labute approximate surface area is 531 Å². The molecule has 0 aromatic carbocycles. The molecule has 0 aliphatic carbocycles. The van der Waals surface area contributed by atoms with Crippen LogP contribution in [0.1, 0.15) is 418 Å². The first-order chi connectivity index (χ1) is 42.0. The minimum absolute atomic E-state index is 0.00692. The maximum atomic E-state index is 12.5. The fourth-order valence-electron chi connectivity index (χ4n) is 12.0. The first-order valence-corrected chi connectivity index (χ1v) is 38.4. The van der Waals surface area contributed by atoms with Crippen molar-refractivity contribution in [3.05, 3.63) is 48.6 Å². The molecule has 0 heterocycles. The smallest absolute Gasteiger partial charge is 0.305 e. The molecule has 0 saturated heterocycles. The molecule has 0 aliphatic rings. The lowest BCUT2D eigenvalue weighted by molar-refractivity contribution is -0.143. The van der Waals surface area contributed by atoms with Gasteiger partial charge in [0.2, 0.25) is 5.91 Å². The molecule has 1 amide bonds. The second kappa shape index (κ2) is 74.3. The molecule has 0 saturated carbocycles. The lowest BCUT2D eigenvalue weighted by atomic mass is 10.0. The van der Waals surface area contributed by atoms with E-state index < -0.39 is 12.1 Å². The van der Waals surface area contributed by atoms with Crippen LogP contribution in [0.25, 0.3) is 0 Å². The molecule has 0 aromatic rings. The average molecular weight is 1190 g/mol. The highest BCUT2D eigenvalue weighted by Gasteiger charge is 2.18. The number of esters is 1. The number of carbonyl (C=O) groups excluding carboxylic acids is 2. The van der Waals surface area contributed by atoms with Crippen LogP contribution >= 0.6 is 0 Å². The number of rotatable bonds is 72. The lowest BCUT2D eigenvalue weighted by Crippen LogP contribution is -2.45. The van der Waals surface area contributed by atoms with Crippen LogP contribution < -0.4 is 5.32 Å². The van der Waals surface area contributed by atoms with E-state index in [-0.39, 0.29) is 18.5 Å². The van der Waals surface area contributed by atoms with Gasteiger partial charge in [-0.25, -0.2) is 0 Å². The van der Waals surface area contributed by atoms with E-state index in [4.69, 9.17) is 4.74 Å². The number of ether oxygens (including phenoxy) is 1. The van der Waals surface area contributed by atoms with Crippen molar-refractivity contribution in [2.45, 2.75) is 431 Å². The van der Waals surface area contributed by atoms with Gasteiger partial charge in [0.1, 0.15) is 0 Å². The van der Waals surface area contributed by atoms with Gasteiger partial charge >= 0.3 is 5.97 Å². The van der Waals surface area contributed by atoms with E-state index in [1.807, 2.05) is 6.08 Å². The number of amides is 1. The van der Waals surface area contributed by atoms with Gasteiger partial charge in [-0.05, 0) is 89.9 Å². The third kappa shape index (κ3) is 70.8. The largest absolute Gasteiger partial charge is 0.466 e. The van der Waals surface area contributed by atoms with Crippen LogP contribution in [-0.4, -0.2) is 47.4 Å². The van der Waals surface area contributed by atoms with Crippen molar-refractivity contribution in [3.8, 4) is 0 Å². The summed E-state index contributed by atoms with van der Waals surface area (Å²) in [6, 6.07) is -0.628. The van der Waals surface area contributed by atoms with Gasteiger partial charge in [-0.15, -0.1) is 0 Å². The summed E-state index contributed by atoms with van der Waals surface area (Å²) in [6.07, 6.45) is 97.9. The molecule has 0 rings (SSSR count). The van der Waals surface area contributed by atoms with E-state index in [0.29, 0.717) is 19.4 Å². The van der Waals surface area contributed by atoms with Crippen LogP contribution in [0.15, 0.2) is 48.6 Å². The SMILES string of the molecule is CCCCCCCCC/C=C\CCCCCCCC(=O)OCCCCCCCCCCC/C=C\C/C=C\CCCCCCCCCCCCCCCCCCCC(=O)NC(CO)C(O)/C=C/CCCCCCCCCCCCCCCCCCC. The van der Waals surface area contributed by atoms with Crippen LogP contribution in [0.3, 0.4) is 0 Å². The third-order valence-corrected chi connectivity index (χ3v) is 17.8. The number of hydrogen-bond acceptors (Lipinski definition) is 5. The highest BCUT2D eigenvalue weighted by Crippen LogP contribution is 2.19. The summed E-state index contributed by atoms with van der Waals surface area (Å²) in [5.74, 6) is -0.0558. The van der Waals surface area contributed by atoms with Crippen LogP contribution in [0.2, 0.25) is 0 Å². The Morgan fingerprint density at radius 1 is 0.329 bits per heavy atom. The first-order valence-electron chi connectivity index (χ1n) is 38.4. The standard InChI is InChI=1S/C79H149NO5/c1-3-5-7-9-11-13-15-17-19-21-37-40-43-47-51-55-59-63-67-71-77(82)76(75-81)80-78(83)72-68-64-60-56-52-48-44-41-38-35-33-31-29-27-25-23-22-24-26-28-30-32-34-36-39-42-46-50-54-58-62-66-70-74-85-79(84)73-69-65-61-57-53-49-45-20-18-16-14-12-10-8-6-4-2/h20,26,28,32,34,45,67,71,76-77,81-82H,3-19,21-25,27,29-31,33,35-44,46-66,68-70,72-75H2,1-2H3,(H,80,83)/b28-26-,34-32-,45-20-,71-67+. The molecule has 0 aromatic heterocycles. The Hall–Kier alpha value is -2.18. The summed E-state index contributed by atoms with van der Waals surface area (Å²) in [7, 11) is 0. The van der Waals surface area contributed by atoms with Crippen LogP contribution in [-0.2, 0) is 14.3 Å². The molecule has 0 aliphatic heterocycles. The van der Waals surface area contributed by atoms with Crippen molar-refractivity contribution in [1.82, 2.24) is 5.32 Å². The molecule has 6 nitrogen and oxygen atoms in total. The zero-order valence-electron chi connectivity index (χ0n) is 57.4. The number of nitrogens with one attached hydrogen (secondary N) is 1. The van der Waals surface area contributed by atoms with Crippen molar-refractivity contribution in [2.75, 3.05) is 13.2 Å². The van der Waals surface area contributed by atoms with Crippen molar-refractivity contribution in [2.24, 2.45) is 0 Å². The monoisotopic (exact) mass is 1190 g/mol. The zero-order chi connectivity index (χ0) is 61.3. The van der Waals surface area contributed by atoms with Gasteiger partial charge in [-0.3, -0.25) is 9.59 Å². The molecular formula is C79H149NO5. The third-order valence-electron chi connectivity index (χ3n) is 17.8. The van der Waals surface area contributed by atoms with E-state index in [9.17, 15) is 19.8 Å². The topological polar surface area (TPSA) is 95.9 Å². The van der Waals surface area contributed by atoms with Crippen molar-refractivity contribution < 1.29 is 24.5 Å². The molecular weight excluding hydrogens is 1040 g/mol. The number of aliphatic hydroxyl groups is 2. The normalized spacial score (nSPS) is 12.8. The van der Waals surface area contributed by atoms with Gasteiger partial charge in [-0.2, -0.15) is 0 Å². The fraction of sp³-hybridized carbons (Fsp3) is 0.873. The molecule has 2 unspecified atom stereocenters. The molecule has 6 heteroatoms. The molecule has 3 N–H and O–H groups in total. The predicted molar refractivity (Wildman–Crippen MR) is 375 cm³/mol. The zero-order valence-corrected chi connectivity index (χ0v) is 57.4. The predicted octanol–water partition coefficient (Wildman–Crippen LogP) is 25.2. The van der Waals surface area contributed by atoms with E-state index in [1.54, 1.807) is 6.08 Å². The van der Waals surface area contributed by atoms with Gasteiger partial charge in [0, 0.05) is 12.8 Å². The van der Waals surface area contributed by atoms with E-state index in [2.05, 4.69) is 55.6 Å². The second-order valence-corrected chi connectivity index (χ2v) is 26.3. The quantitative estimate of drug-likeness (QED) is 0.0320. The minimum Gasteiger partial charge on any atom is -0.466 e. The summed E-state index contributed by atoms with van der Waals surface area (Å²) in [5.41, 5.74) is 0. The highest BCUT2D eigenvalue weighted by atomic mass is 16.5. The molecule has 500 valence electrons. The fourth-order valence-corrected chi connectivity index (χ4v) is 12.0. The summed E-state index contributed by atoms with van der Waals surface area (Å²) in [6.45, 7) is 4.93. The molecule has 0 fully saturated rings. The Morgan fingerprint density at radius 2 is 0.588 bits per heavy atom. The number of unbranched alkanes of at least 4 members (excludes halogenated alkanes) is 55. The lowest BCUT2D eigenvalue weighted by Gasteiger charge is -2.20. The van der Waals surface area contributed by atoms with E-state index >= 15 is 0 Å². The van der Waals surface area contributed by atoms with Gasteiger partial charge in [-0.1, -0.05) is 364 Å². The highest BCUT2D eigenvalue weighted by molar-refractivity contribution is 5.76.